The Kier molecular flexibility index (Phi) is 5.49. The number of carbonyl (C=O) groups is 1. The Balaban J connectivity index is 1.81. The molecule has 26 heavy (non-hydrogen) atoms. The summed E-state index contributed by atoms with van der Waals surface area (Å²) in [5.74, 6) is 1.75. The van der Waals surface area contributed by atoms with E-state index in [-0.39, 0.29) is 17.3 Å². The Labute approximate surface area is 155 Å². The molecule has 132 valence electrons. The highest BCUT2D eigenvalue weighted by atomic mass is 32.1. The van der Waals surface area contributed by atoms with E-state index in [4.69, 9.17) is 11.2 Å². The van der Waals surface area contributed by atoms with Crippen molar-refractivity contribution in [2.45, 2.75) is 12.8 Å². The third-order valence-electron chi connectivity index (χ3n) is 3.91. The van der Waals surface area contributed by atoms with Gasteiger partial charge in [-0.3, -0.25) is 4.79 Å². The zero-order valence-corrected chi connectivity index (χ0v) is 15.1. The van der Waals surface area contributed by atoms with E-state index in [1.54, 1.807) is 42.9 Å². The van der Waals surface area contributed by atoms with Crippen molar-refractivity contribution in [3.63, 3.8) is 0 Å². The summed E-state index contributed by atoms with van der Waals surface area (Å²) in [6.07, 6.45) is 6.40. The molecule has 0 spiro atoms. The second-order valence-electron chi connectivity index (χ2n) is 5.64. The first-order valence-corrected chi connectivity index (χ1v) is 8.96. The highest BCUT2D eigenvalue weighted by molar-refractivity contribution is 7.16. The number of unbranched alkanes of at least 4 members (excludes halogenated alkanes) is 1. The van der Waals surface area contributed by atoms with Gasteiger partial charge in [-0.05, 0) is 36.8 Å². The number of ether oxygens (including phenoxy) is 1. The zero-order valence-electron chi connectivity index (χ0n) is 14.2. The van der Waals surface area contributed by atoms with Crippen LogP contribution in [0.25, 0.3) is 10.2 Å². The van der Waals surface area contributed by atoms with Crippen LogP contribution in [-0.4, -0.2) is 24.5 Å². The molecule has 4 nitrogen and oxygen atoms in total. The van der Waals surface area contributed by atoms with Crippen molar-refractivity contribution in [2.75, 3.05) is 18.6 Å². The van der Waals surface area contributed by atoms with E-state index in [9.17, 15) is 9.18 Å². The van der Waals surface area contributed by atoms with Crippen LogP contribution in [0.5, 0.6) is 5.75 Å². The molecule has 0 bridgehead atoms. The van der Waals surface area contributed by atoms with Gasteiger partial charge in [0.1, 0.15) is 0 Å². The van der Waals surface area contributed by atoms with E-state index < -0.39 is 5.82 Å². The molecule has 6 heteroatoms. The molecule has 0 N–H and O–H groups in total. The molecule has 1 heterocycles. The number of hydrogen-bond donors (Lipinski definition) is 0. The predicted octanol–water partition coefficient (Wildman–Crippen LogP) is 4.50. The van der Waals surface area contributed by atoms with E-state index in [0.29, 0.717) is 25.0 Å². The molecule has 0 saturated carbocycles. The Bertz CT molecular complexity index is 977. The SMILES string of the molecule is C#CCCCOc1cccc(N(C)C(=O)c2ccc3ncsc3c2)c1F. The molecule has 3 rings (SSSR count). The number of aromatic nitrogens is 1. The van der Waals surface area contributed by atoms with Crippen LogP contribution in [0.3, 0.4) is 0 Å². The van der Waals surface area contributed by atoms with Gasteiger partial charge in [0.2, 0.25) is 0 Å². The minimum absolute atomic E-state index is 0.108. The van der Waals surface area contributed by atoms with Crippen molar-refractivity contribution in [2.24, 2.45) is 0 Å². The van der Waals surface area contributed by atoms with E-state index in [0.717, 1.165) is 10.2 Å². The minimum Gasteiger partial charge on any atom is -0.490 e. The number of halogens is 1. The zero-order chi connectivity index (χ0) is 18.5. The van der Waals surface area contributed by atoms with Crippen molar-refractivity contribution in [3.05, 3.63) is 53.3 Å². The van der Waals surface area contributed by atoms with Crippen LogP contribution in [0.2, 0.25) is 0 Å². The van der Waals surface area contributed by atoms with Crippen LogP contribution >= 0.6 is 11.3 Å². The van der Waals surface area contributed by atoms with Crippen LogP contribution in [0.15, 0.2) is 41.9 Å². The van der Waals surface area contributed by atoms with E-state index in [1.807, 2.05) is 0 Å². The molecular formula is C20H17FN2O2S. The molecule has 1 amide bonds. The lowest BCUT2D eigenvalue weighted by molar-refractivity contribution is 0.0992. The minimum atomic E-state index is -0.567. The fourth-order valence-electron chi connectivity index (χ4n) is 2.52. The van der Waals surface area contributed by atoms with Gasteiger partial charge in [-0.1, -0.05) is 6.07 Å². The second kappa shape index (κ2) is 7.98. The summed E-state index contributed by atoms with van der Waals surface area (Å²) in [5, 5.41) is 0. The van der Waals surface area contributed by atoms with Crippen molar-refractivity contribution in [1.82, 2.24) is 4.98 Å². The first-order chi connectivity index (χ1) is 12.6. The van der Waals surface area contributed by atoms with Crippen LogP contribution in [-0.2, 0) is 0 Å². The summed E-state index contributed by atoms with van der Waals surface area (Å²) < 4.78 is 21.1. The van der Waals surface area contributed by atoms with Gasteiger partial charge in [-0.15, -0.1) is 23.7 Å². The molecular weight excluding hydrogens is 351 g/mol. The Morgan fingerprint density at radius 2 is 2.23 bits per heavy atom. The number of fused-ring (bicyclic) bond motifs is 1. The fourth-order valence-corrected chi connectivity index (χ4v) is 3.23. The molecule has 0 aliphatic rings. The summed E-state index contributed by atoms with van der Waals surface area (Å²) in [4.78, 5) is 18.2. The highest BCUT2D eigenvalue weighted by Gasteiger charge is 2.19. The average molecular weight is 368 g/mol. The highest BCUT2D eigenvalue weighted by Crippen LogP contribution is 2.28. The summed E-state index contributed by atoms with van der Waals surface area (Å²) in [6, 6.07) is 9.99. The topological polar surface area (TPSA) is 42.4 Å². The second-order valence-corrected chi connectivity index (χ2v) is 6.53. The van der Waals surface area contributed by atoms with Crippen LogP contribution < -0.4 is 9.64 Å². The average Bonchev–Trinajstić information content (AvgIpc) is 3.13. The maximum absolute atomic E-state index is 14.7. The van der Waals surface area contributed by atoms with Gasteiger partial charge in [0.25, 0.3) is 5.91 Å². The number of hydrogen-bond acceptors (Lipinski definition) is 4. The van der Waals surface area contributed by atoms with Crippen molar-refractivity contribution in [1.29, 1.82) is 0 Å². The number of nitrogens with zero attached hydrogens (tertiary/aromatic N) is 2. The number of terminal acetylenes is 1. The number of carbonyl (C=O) groups excluding carboxylic acids is 1. The lowest BCUT2D eigenvalue weighted by atomic mass is 10.1. The molecule has 0 aliphatic carbocycles. The molecule has 1 aromatic heterocycles. The Hall–Kier alpha value is -2.91. The normalized spacial score (nSPS) is 10.5. The molecule has 0 unspecified atom stereocenters. The summed E-state index contributed by atoms with van der Waals surface area (Å²) in [6.45, 7) is 0.324. The molecule has 3 aromatic rings. The molecule has 0 aliphatic heterocycles. The molecule has 0 radical (unpaired) electrons. The van der Waals surface area contributed by atoms with Gasteiger partial charge < -0.3 is 9.64 Å². The quantitative estimate of drug-likeness (QED) is 0.475. The van der Waals surface area contributed by atoms with Gasteiger partial charge in [-0.25, -0.2) is 9.37 Å². The molecule has 0 fully saturated rings. The van der Waals surface area contributed by atoms with Gasteiger partial charge in [0.15, 0.2) is 11.6 Å². The van der Waals surface area contributed by atoms with Crippen molar-refractivity contribution >= 4 is 33.1 Å². The van der Waals surface area contributed by atoms with Gasteiger partial charge in [0.05, 0.1) is 28.0 Å². The predicted molar refractivity (Wildman–Crippen MR) is 102 cm³/mol. The number of benzene rings is 2. The van der Waals surface area contributed by atoms with Crippen LogP contribution in [0.1, 0.15) is 23.2 Å². The largest absolute Gasteiger partial charge is 0.490 e. The standard InChI is InChI=1S/C20H17FN2O2S/c1-3-4-5-11-25-17-8-6-7-16(19(17)21)23(2)20(24)14-9-10-15-18(12-14)26-13-22-15/h1,6-10,12-13H,4-5,11H2,2H3. The maximum Gasteiger partial charge on any atom is 0.258 e. The van der Waals surface area contributed by atoms with Crippen molar-refractivity contribution in [3.8, 4) is 18.1 Å². The smallest absolute Gasteiger partial charge is 0.258 e. The van der Waals surface area contributed by atoms with Crippen LogP contribution in [0, 0.1) is 18.2 Å². The number of rotatable bonds is 6. The van der Waals surface area contributed by atoms with E-state index in [1.165, 1.54) is 22.3 Å². The lowest BCUT2D eigenvalue weighted by Crippen LogP contribution is -2.27. The first-order valence-electron chi connectivity index (χ1n) is 8.08. The summed E-state index contributed by atoms with van der Waals surface area (Å²) in [5.41, 5.74) is 3.20. The van der Waals surface area contributed by atoms with Gasteiger partial charge >= 0.3 is 0 Å². The summed E-state index contributed by atoms with van der Waals surface area (Å²) in [7, 11) is 1.54. The number of thiazole rings is 1. The molecule has 2 aromatic carbocycles. The third-order valence-corrected chi connectivity index (χ3v) is 4.70. The molecule has 0 atom stereocenters. The van der Waals surface area contributed by atoms with Crippen molar-refractivity contribution < 1.29 is 13.9 Å². The fraction of sp³-hybridized carbons (Fsp3) is 0.200. The van der Waals surface area contributed by atoms with Crippen LogP contribution in [0.4, 0.5) is 10.1 Å². The number of amides is 1. The summed E-state index contributed by atoms with van der Waals surface area (Å²) >= 11 is 1.46. The first kappa shape index (κ1) is 17.9. The van der Waals surface area contributed by atoms with E-state index in [2.05, 4.69) is 10.9 Å². The Morgan fingerprint density at radius 1 is 1.38 bits per heavy atom. The molecule has 0 saturated heterocycles. The third kappa shape index (κ3) is 3.68. The van der Waals surface area contributed by atoms with E-state index >= 15 is 0 Å². The Morgan fingerprint density at radius 3 is 3.04 bits per heavy atom. The maximum atomic E-state index is 14.7. The number of anilines is 1. The van der Waals surface area contributed by atoms with Gasteiger partial charge in [0, 0.05) is 19.0 Å². The monoisotopic (exact) mass is 368 g/mol. The lowest BCUT2D eigenvalue weighted by Gasteiger charge is -2.19. The van der Waals surface area contributed by atoms with Gasteiger partial charge in [-0.2, -0.15) is 0 Å².